The van der Waals surface area contributed by atoms with Gasteiger partial charge < -0.3 is 30.2 Å². The van der Waals surface area contributed by atoms with Crippen molar-refractivity contribution in [3.8, 4) is 6.07 Å². The second-order valence-corrected chi connectivity index (χ2v) is 13.9. The summed E-state index contributed by atoms with van der Waals surface area (Å²) in [5.74, 6) is -0.0272. The fourth-order valence-corrected chi connectivity index (χ4v) is 8.10. The van der Waals surface area contributed by atoms with E-state index in [-0.39, 0.29) is 24.0 Å². The minimum Gasteiger partial charge on any atom is -0.341 e. The van der Waals surface area contributed by atoms with E-state index in [9.17, 15) is 19.6 Å². The van der Waals surface area contributed by atoms with Gasteiger partial charge in [0.2, 0.25) is 5.91 Å². The lowest BCUT2D eigenvalue weighted by Gasteiger charge is -2.42. The van der Waals surface area contributed by atoms with Crippen molar-refractivity contribution in [3.63, 3.8) is 0 Å². The van der Waals surface area contributed by atoms with Crippen molar-refractivity contribution in [2.45, 2.75) is 83.0 Å². The predicted octanol–water partition coefficient (Wildman–Crippen LogP) is 4.35. The van der Waals surface area contributed by atoms with Crippen LogP contribution in [-0.2, 0) is 17.8 Å². The summed E-state index contributed by atoms with van der Waals surface area (Å²) in [7, 11) is 0. The number of piperidine rings is 3. The van der Waals surface area contributed by atoms with Crippen molar-refractivity contribution in [2.24, 2.45) is 0 Å². The summed E-state index contributed by atoms with van der Waals surface area (Å²) < 4.78 is 0. The Morgan fingerprint density at radius 3 is 2.46 bits per heavy atom. The number of nitrogens with one attached hydrogen (secondary N) is 3. The minimum absolute atomic E-state index is 0.0272. The van der Waals surface area contributed by atoms with Crippen LogP contribution >= 0.6 is 0 Å². The average molecular weight is 652 g/mol. The zero-order valence-electron chi connectivity index (χ0n) is 27.7. The monoisotopic (exact) mass is 651 g/mol. The molecule has 3 fully saturated rings. The number of benzene rings is 2. The first-order valence-corrected chi connectivity index (χ1v) is 17.5. The highest BCUT2D eigenvalue weighted by molar-refractivity contribution is 5.93. The van der Waals surface area contributed by atoms with E-state index in [2.05, 4.69) is 37.9 Å². The van der Waals surface area contributed by atoms with Crippen molar-refractivity contribution in [2.75, 3.05) is 44.6 Å². The molecule has 0 aliphatic carbocycles. The van der Waals surface area contributed by atoms with Gasteiger partial charge in [-0.2, -0.15) is 10.4 Å². The third kappa shape index (κ3) is 6.69. The van der Waals surface area contributed by atoms with E-state index in [1.807, 2.05) is 28.9 Å². The molecule has 3 aromatic rings. The number of rotatable bonds is 6. The van der Waals surface area contributed by atoms with Crippen molar-refractivity contribution in [3.05, 3.63) is 58.8 Å². The predicted molar refractivity (Wildman–Crippen MR) is 182 cm³/mol. The van der Waals surface area contributed by atoms with Gasteiger partial charge in [-0.15, -0.1) is 0 Å². The first-order chi connectivity index (χ1) is 23.4. The number of aromatic amines is 1. The third-order valence-electron chi connectivity index (χ3n) is 10.8. The van der Waals surface area contributed by atoms with Crippen LogP contribution in [0.15, 0.2) is 36.5 Å². The molecule has 1 atom stereocenters. The first-order valence-electron chi connectivity index (χ1n) is 17.5. The molecule has 48 heavy (non-hydrogen) atoms. The molecule has 3 saturated heterocycles. The van der Waals surface area contributed by atoms with E-state index in [1.54, 1.807) is 23.2 Å². The number of carbonyl (C=O) groups excluding carboxylic acids is 3. The van der Waals surface area contributed by atoms with Gasteiger partial charge in [-0.25, -0.2) is 9.59 Å². The fraction of sp³-hybridized carbons (Fsp3) is 0.528. The van der Waals surface area contributed by atoms with Crippen LogP contribution in [0.5, 0.6) is 0 Å². The SMILES string of the molecule is Cc1cc(CC(NC(=O)N2CCC(N3Cc4cc(C#N)ccc4NC3=O)CC2)C(=O)N2CCC(N3CCCCC3)CC2)cc2cn[nH]c12. The van der Waals surface area contributed by atoms with Crippen molar-refractivity contribution >= 4 is 34.6 Å². The molecule has 1 unspecified atom stereocenters. The number of nitrogens with zero attached hydrogens (tertiary/aromatic N) is 6. The average Bonchev–Trinajstić information content (AvgIpc) is 3.60. The molecule has 252 valence electrons. The van der Waals surface area contributed by atoms with Crippen LogP contribution in [0.4, 0.5) is 15.3 Å². The summed E-state index contributed by atoms with van der Waals surface area (Å²) >= 11 is 0. The van der Waals surface area contributed by atoms with Gasteiger partial charge in [-0.3, -0.25) is 9.89 Å². The van der Waals surface area contributed by atoms with Crippen LogP contribution in [-0.4, -0.2) is 105 Å². The second-order valence-electron chi connectivity index (χ2n) is 13.9. The van der Waals surface area contributed by atoms with Gasteiger partial charge in [-0.1, -0.05) is 12.5 Å². The van der Waals surface area contributed by atoms with Crippen molar-refractivity contribution in [1.29, 1.82) is 5.26 Å². The maximum absolute atomic E-state index is 14.1. The number of nitriles is 1. The second kappa shape index (κ2) is 13.8. The molecule has 4 aliphatic rings. The van der Waals surface area contributed by atoms with E-state index in [0.29, 0.717) is 63.6 Å². The number of aryl methyl sites for hydroxylation is 1. The Labute approximate surface area is 281 Å². The fourth-order valence-electron chi connectivity index (χ4n) is 8.10. The summed E-state index contributed by atoms with van der Waals surface area (Å²) in [5, 5.41) is 23.6. The molecule has 4 aliphatic heterocycles. The van der Waals surface area contributed by atoms with Gasteiger partial charge in [0.05, 0.1) is 23.3 Å². The van der Waals surface area contributed by atoms with E-state index in [4.69, 9.17) is 0 Å². The Morgan fingerprint density at radius 2 is 1.71 bits per heavy atom. The van der Waals surface area contributed by atoms with Crippen LogP contribution in [0.2, 0.25) is 0 Å². The van der Waals surface area contributed by atoms with Crippen LogP contribution < -0.4 is 10.6 Å². The molecule has 5 amide bonds. The van der Waals surface area contributed by atoms with Gasteiger partial charge >= 0.3 is 12.1 Å². The summed E-state index contributed by atoms with van der Waals surface area (Å²) in [5.41, 5.74) is 5.23. The van der Waals surface area contributed by atoms with Crippen molar-refractivity contribution < 1.29 is 14.4 Å². The van der Waals surface area contributed by atoms with E-state index in [0.717, 1.165) is 59.2 Å². The number of likely N-dealkylation sites (tertiary alicyclic amines) is 3. The van der Waals surface area contributed by atoms with Gasteiger partial charge in [0.25, 0.3) is 0 Å². The molecule has 5 heterocycles. The van der Waals surface area contributed by atoms with Gasteiger partial charge in [0.15, 0.2) is 0 Å². The van der Waals surface area contributed by atoms with E-state index >= 15 is 0 Å². The van der Waals surface area contributed by atoms with E-state index < -0.39 is 6.04 Å². The molecule has 0 bridgehead atoms. The number of hydrogen-bond donors (Lipinski definition) is 3. The molecule has 7 rings (SSSR count). The molecule has 0 radical (unpaired) electrons. The molecule has 0 spiro atoms. The number of fused-ring (bicyclic) bond motifs is 2. The van der Waals surface area contributed by atoms with Gasteiger partial charge in [-0.05, 0) is 99.5 Å². The van der Waals surface area contributed by atoms with Crippen molar-refractivity contribution in [1.82, 2.24) is 35.1 Å². The highest BCUT2D eigenvalue weighted by Crippen LogP contribution is 2.29. The highest BCUT2D eigenvalue weighted by Gasteiger charge is 2.36. The number of urea groups is 2. The molecule has 2 aromatic carbocycles. The Balaban J connectivity index is 1.01. The maximum Gasteiger partial charge on any atom is 0.322 e. The molecule has 1 aromatic heterocycles. The molecular formula is C36H45N9O3. The zero-order chi connectivity index (χ0) is 33.2. The maximum atomic E-state index is 14.1. The number of carbonyl (C=O) groups is 3. The lowest BCUT2D eigenvalue weighted by Crippen LogP contribution is -2.57. The summed E-state index contributed by atoms with van der Waals surface area (Å²) in [4.78, 5) is 49.0. The number of aromatic nitrogens is 2. The summed E-state index contributed by atoms with van der Waals surface area (Å²) in [6.07, 6.45) is 9.20. The Morgan fingerprint density at radius 1 is 0.979 bits per heavy atom. The third-order valence-corrected chi connectivity index (χ3v) is 10.8. The Kier molecular flexibility index (Phi) is 9.21. The zero-order valence-corrected chi connectivity index (χ0v) is 27.7. The van der Waals surface area contributed by atoms with Crippen LogP contribution in [0, 0.1) is 18.3 Å². The van der Waals surface area contributed by atoms with Crippen LogP contribution in [0.3, 0.4) is 0 Å². The molecule has 12 heteroatoms. The largest absolute Gasteiger partial charge is 0.341 e. The van der Waals surface area contributed by atoms with Gasteiger partial charge in [0, 0.05) is 62.3 Å². The summed E-state index contributed by atoms with van der Waals surface area (Å²) in [6, 6.07) is 11.0. The normalized spacial score (nSPS) is 20.2. The number of anilines is 1. The smallest absolute Gasteiger partial charge is 0.322 e. The lowest BCUT2D eigenvalue weighted by molar-refractivity contribution is -0.134. The molecule has 12 nitrogen and oxygen atoms in total. The first kappa shape index (κ1) is 31.9. The topological polar surface area (TPSA) is 141 Å². The minimum atomic E-state index is -0.691. The van der Waals surface area contributed by atoms with Crippen LogP contribution in [0.1, 0.15) is 67.2 Å². The number of amides is 5. The molecular weight excluding hydrogens is 606 g/mol. The number of hydrogen-bond acceptors (Lipinski definition) is 6. The Bertz CT molecular complexity index is 1710. The lowest BCUT2D eigenvalue weighted by atomic mass is 9.97. The summed E-state index contributed by atoms with van der Waals surface area (Å²) in [6.45, 7) is 7.13. The number of H-pyrrole nitrogens is 1. The molecule has 0 saturated carbocycles. The Hall–Kier alpha value is -4.63. The van der Waals surface area contributed by atoms with Crippen LogP contribution in [0.25, 0.3) is 10.9 Å². The van der Waals surface area contributed by atoms with E-state index in [1.165, 1.54) is 19.3 Å². The quantitative estimate of drug-likeness (QED) is 0.362. The standard InChI is InChI=1S/C36H45N9O3/c1-24-17-26(19-27-22-38-41-33(24)27)20-32(34(46)43-13-7-29(8-14-43)42-11-3-2-4-12-42)40-35(47)44-15-9-30(10-16-44)45-23-28-18-25(21-37)5-6-31(28)39-36(45)48/h5-6,17-19,22,29-30,32H,2-4,7-16,20,23H2,1H3,(H,38,41)(H,39,48)(H,40,47). The van der Waals surface area contributed by atoms with Gasteiger partial charge in [0.1, 0.15) is 6.04 Å². The molecule has 3 N–H and O–H groups in total. The highest BCUT2D eigenvalue weighted by atomic mass is 16.2.